The third-order valence-electron chi connectivity index (χ3n) is 12.9. The van der Waals surface area contributed by atoms with Gasteiger partial charge in [0.15, 0.2) is 0 Å². The molecule has 0 saturated carbocycles. The SMILES string of the molecule is c1ccc(-c2nc3ccc(-c4ccc5nc(-c6ccccc6)c6ccc7c(c6c5c4)Sc4ccccc4C74c5ccccc5-c5ccccc54)cc3nc2-c2ccccc2)cc1. The molecule has 1 spiro atoms. The van der Waals surface area contributed by atoms with E-state index in [0.717, 1.165) is 72.2 Å². The highest BCUT2D eigenvalue weighted by Crippen LogP contribution is 2.63. The monoisotopic (exact) mass is 805 g/mol. The molecule has 0 bridgehead atoms. The van der Waals surface area contributed by atoms with Gasteiger partial charge in [0.05, 0.1) is 39.0 Å². The van der Waals surface area contributed by atoms with Gasteiger partial charge in [-0.3, -0.25) is 0 Å². The van der Waals surface area contributed by atoms with Gasteiger partial charge in [-0.05, 0) is 74.8 Å². The summed E-state index contributed by atoms with van der Waals surface area (Å²) in [6.45, 7) is 0. The second kappa shape index (κ2) is 13.7. The van der Waals surface area contributed by atoms with Crippen molar-refractivity contribution in [2.24, 2.45) is 0 Å². The average Bonchev–Trinajstić information content (AvgIpc) is 3.64. The maximum absolute atomic E-state index is 5.46. The van der Waals surface area contributed by atoms with Gasteiger partial charge in [-0.15, -0.1) is 0 Å². The van der Waals surface area contributed by atoms with Crippen LogP contribution in [-0.4, -0.2) is 15.0 Å². The molecule has 13 rings (SSSR count). The first-order chi connectivity index (χ1) is 30.7. The molecular formula is C58H35N3S. The molecule has 3 heterocycles. The summed E-state index contributed by atoms with van der Waals surface area (Å²) in [5.74, 6) is 0. The van der Waals surface area contributed by atoms with Crippen LogP contribution in [0.25, 0.3) is 88.7 Å². The summed E-state index contributed by atoms with van der Waals surface area (Å²) in [4.78, 5) is 18.6. The van der Waals surface area contributed by atoms with Crippen LogP contribution < -0.4 is 0 Å². The Bertz CT molecular complexity index is 3560. The Kier molecular flexibility index (Phi) is 7.75. The molecule has 4 heteroatoms. The number of aromatic nitrogens is 3. The summed E-state index contributed by atoms with van der Waals surface area (Å²) in [6, 6.07) is 76.5. The van der Waals surface area contributed by atoms with E-state index in [0.29, 0.717) is 0 Å². The zero-order valence-corrected chi connectivity index (χ0v) is 34.3. The Hall–Kier alpha value is -7.66. The highest BCUT2D eigenvalue weighted by Gasteiger charge is 2.50. The van der Waals surface area contributed by atoms with E-state index in [9.17, 15) is 0 Å². The van der Waals surface area contributed by atoms with Gasteiger partial charge in [0.25, 0.3) is 0 Å². The zero-order chi connectivity index (χ0) is 40.8. The summed E-state index contributed by atoms with van der Waals surface area (Å²) < 4.78 is 0. The van der Waals surface area contributed by atoms with E-state index >= 15 is 0 Å². The molecule has 2 aromatic heterocycles. The molecule has 288 valence electrons. The third kappa shape index (κ3) is 5.11. The second-order valence-corrected chi connectivity index (χ2v) is 17.3. The molecule has 1 aliphatic heterocycles. The van der Waals surface area contributed by atoms with Gasteiger partial charge < -0.3 is 0 Å². The van der Waals surface area contributed by atoms with Gasteiger partial charge in [-0.25, -0.2) is 15.0 Å². The molecule has 9 aromatic carbocycles. The maximum atomic E-state index is 5.46. The smallest absolute Gasteiger partial charge is 0.0973 e. The van der Waals surface area contributed by atoms with Gasteiger partial charge >= 0.3 is 0 Å². The van der Waals surface area contributed by atoms with E-state index in [1.165, 1.54) is 48.6 Å². The summed E-state index contributed by atoms with van der Waals surface area (Å²) in [5, 5.41) is 3.51. The fraction of sp³-hybridized carbons (Fsp3) is 0.0172. The number of benzene rings is 9. The molecule has 62 heavy (non-hydrogen) atoms. The highest BCUT2D eigenvalue weighted by molar-refractivity contribution is 7.99. The minimum Gasteiger partial charge on any atom is -0.247 e. The molecule has 0 amide bonds. The first-order valence-electron chi connectivity index (χ1n) is 21.1. The standard InChI is InChI=1S/C58H35N3S/c1-4-16-36(17-5-1)54-43-30-31-48-57(62-52-27-15-14-26-47(52)58(48)45-24-12-10-22-41(45)42-23-11-13-25-46(42)58)53(43)44-34-39(28-32-49(44)59-54)40-29-33-50-51(35-40)61-56(38-20-8-3-9-21-38)55(60-50)37-18-6-2-7-19-37/h1-35H. The van der Waals surface area contributed by atoms with E-state index in [4.69, 9.17) is 15.0 Å². The number of fused-ring (bicyclic) bond motifs is 14. The summed E-state index contributed by atoms with van der Waals surface area (Å²) in [7, 11) is 0. The molecule has 0 N–H and O–H groups in total. The van der Waals surface area contributed by atoms with Crippen molar-refractivity contribution in [1.29, 1.82) is 0 Å². The first kappa shape index (κ1) is 35.1. The largest absolute Gasteiger partial charge is 0.247 e. The van der Waals surface area contributed by atoms with E-state index in [2.05, 4.69) is 200 Å². The van der Waals surface area contributed by atoms with E-state index < -0.39 is 5.41 Å². The summed E-state index contributed by atoms with van der Waals surface area (Å²) >= 11 is 1.90. The third-order valence-corrected chi connectivity index (χ3v) is 14.1. The Balaban J connectivity index is 1.08. The van der Waals surface area contributed by atoms with Crippen molar-refractivity contribution in [3.8, 4) is 56.0 Å². The van der Waals surface area contributed by atoms with Gasteiger partial charge in [0.1, 0.15) is 0 Å². The van der Waals surface area contributed by atoms with E-state index in [-0.39, 0.29) is 0 Å². The molecule has 1 aliphatic carbocycles. The van der Waals surface area contributed by atoms with Crippen molar-refractivity contribution in [3.05, 3.63) is 235 Å². The van der Waals surface area contributed by atoms with Crippen molar-refractivity contribution in [3.63, 3.8) is 0 Å². The molecule has 3 nitrogen and oxygen atoms in total. The first-order valence-corrected chi connectivity index (χ1v) is 21.9. The minimum atomic E-state index is -0.481. The lowest BCUT2D eigenvalue weighted by Gasteiger charge is -2.40. The van der Waals surface area contributed by atoms with Crippen LogP contribution in [0.1, 0.15) is 22.3 Å². The van der Waals surface area contributed by atoms with Gasteiger partial charge in [-0.2, -0.15) is 0 Å². The maximum Gasteiger partial charge on any atom is 0.0973 e. The minimum absolute atomic E-state index is 0.481. The van der Waals surface area contributed by atoms with Crippen molar-refractivity contribution < 1.29 is 0 Å². The summed E-state index contributed by atoms with van der Waals surface area (Å²) in [5.41, 5.74) is 18.2. The molecule has 11 aromatic rings. The fourth-order valence-electron chi connectivity index (χ4n) is 10.2. The van der Waals surface area contributed by atoms with Crippen molar-refractivity contribution >= 4 is 44.5 Å². The number of hydrogen-bond donors (Lipinski definition) is 0. The molecule has 0 unspecified atom stereocenters. The van der Waals surface area contributed by atoms with Crippen molar-refractivity contribution in [2.75, 3.05) is 0 Å². The Morgan fingerprint density at radius 3 is 1.47 bits per heavy atom. The van der Waals surface area contributed by atoms with Crippen molar-refractivity contribution in [2.45, 2.75) is 15.2 Å². The average molecular weight is 806 g/mol. The second-order valence-electron chi connectivity index (χ2n) is 16.2. The predicted molar refractivity (Wildman–Crippen MR) is 256 cm³/mol. The summed E-state index contributed by atoms with van der Waals surface area (Å²) in [6.07, 6.45) is 0. The van der Waals surface area contributed by atoms with Gasteiger partial charge in [0.2, 0.25) is 0 Å². The molecule has 2 aliphatic rings. The normalized spacial score (nSPS) is 13.2. The van der Waals surface area contributed by atoms with Crippen LogP contribution in [0, 0.1) is 0 Å². The number of pyridine rings is 1. The molecule has 0 saturated heterocycles. The van der Waals surface area contributed by atoms with Crippen LogP contribution in [0.2, 0.25) is 0 Å². The Morgan fingerprint density at radius 1 is 0.323 bits per heavy atom. The Labute approximate surface area is 363 Å². The Morgan fingerprint density at radius 2 is 0.823 bits per heavy atom. The lowest BCUT2D eigenvalue weighted by Crippen LogP contribution is -2.32. The van der Waals surface area contributed by atoms with Crippen LogP contribution in [0.15, 0.2) is 222 Å². The number of hydrogen-bond acceptors (Lipinski definition) is 4. The van der Waals surface area contributed by atoms with Crippen molar-refractivity contribution in [1.82, 2.24) is 15.0 Å². The van der Waals surface area contributed by atoms with Crippen LogP contribution in [0.3, 0.4) is 0 Å². The lowest BCUT2D eigenvalue weighted by atomic mass is 9.67. The predicted octanol–water partition coefficient (Wildman–Crippen LogP) is 14.8. The van der Waals surface area contributed by atoms with Gasteiger partial charge in [-0.1, -0.05) is 194 Å². The van der Waals surface area contributed by atoms with E-state index in [1.54, 1.807) is 0 Å². The molecular weight excluding hydrogens is 771 g/mol. The number of rotatable bonds is 4. The molecule has 0 radical (unpaired) electrons. The molecule has 0 atom stereocenters. The lowest BCUT2D eigenvalue weighted by molar-refractivity contribution is 0.726. The van der Waals surface area contributed by atoms with Crippen LogP contribution >= 0.6 is 11.8 Å². The van der Waals surface area contributed by atoms with Gasteiger partial charge in [0, 0.05) is 42.6 Å². The van der Waals surface area contributed by atoms with Crippen LogP contribution in [-0.2, 0) is 5.41 Å². The topological polar surface area (TPSA) is 38.7 Å². The zero-order valence-electron chi connectivity index (χ0n) is 33.5. The number of nitrogens with zero attached hydrogens (tertiary/aromatic N) is 3. The van der Waals surface area contributed by atoms with E-state index in [1.807, 2.05) is 23.9 Å². The molecule has 0 fully saturated rings. The van der Waals surface area contributed by atoms with Crippen LogP contribution in [0.4, 0.5) is 0 Å². The highest BCUT2D eigenvalue weighted by atomic mass is 32.2. The van der Waals surface area contributed by atoms with Crippen LogP contribution in [0.5, 0.6) is 0 Å². The fourth-order valence-corrected chi connectivity index (χ4v) is 11.6. The quantitative estimate of drug-likeness (QED) is 0.166.